The van der Waals surface area contributed by atoms with Gasteiger partial charge in [0.15, 0.2) is 0 Å². The zero-order valence-electron chi connectivity index (χ0n) is 13.8. The first-order chi connectivity index (χ1) is 11.9. The van der Waals surface area contributed by atoms with Crippen LogP contribution in [0.2, 0.25) is 0 Å². The van der Waals surface area contributed by atoms with E-state index in [2.05, 4.69) is 37.2 Å². The highest BCUT2D eigenvalue weighted by atomic mass is 79.9. The average molecular weight is 491 g/mol. The molecule has 0 aliphatic carbocycles. The van der Waals surface area contributed by atoms with Crippen LogP contribution >= 0.6 is 39.5 Å². The first kappa shape index (κ1) is 20.3. The Morgan fingerprint density at radius 1 is 1.00 bits per heavy atom. The Hall–Kier alpha value is -0.980. The van der Waals surface area contributed by atoms with E-state index in [0.717, 1.165) is 4.47 Å². The summed E-state index contributed by atoms with van der Waals surface area (Å²) in [7, 11) is -3.54. The molecule has 0 saturated carbocycles. The largest absolute Gasteiger partial charge is 0.363 e. The van der Waals surface area contributed by atoms with Crippen LogP contribution < -0.4 is 10.6 Å². The van der Waals surface area contributed by atoms with Gasteiger partial charge in [0.05, 0.1) is 24.2 Å². The van der Waals surface area contributed by atoms with Crippen LogP contribution in [-0.4, -0.2) is 19.1 Å². The number of hydrogen-bond acceptors (Lipinski definition) is 4. The number of carbonyl (C=O) groups is 1. The number of halogens is 2. The Kier molecular flexibility index (Phi) is 7.40. The molecular weight excluding hydrogens is 473 g/mol. The van der Waals surface area contributed by atoms with E-state index in [0.29, 0.717) is 21.0 Å². The molecule has 0 unspecified atom stereocenters. The van der Waals surface area contributed by atoms with Gasteiger partial charge in [0, 0.05) is 14.5 Å². The number of carbonyl (C=O) groups excluding carboxylic acids is 1. The molecule has 0 radical (unpaired) electrons. The lowest BCUT2D eigenvalue weighted by atomic mass is 10.2. The maximum atomic E-state index is 13.1. The van der Waals surface area contributed by atoms with Gasteiger partial charge in [-0.3, -0.25) is 9.36 Å². The third-order valence-electron chi connectivity index (χ3n) is 3.21. The van der Waals surface area contributed by atoms with E-state index in [9.17, 15) is 9.36 Å². The summed E-state index contributed by atoms with van der Waals surface area (Å²) >= 11 is 6.69. The summed E-state index contributed by atoms with van der Waals surface area (Å²) in [4.78, 5) is 12.5. The second kappa shape index (κ2) is 9.10. The van der Waals surface area contributed by atoms with Crippen molar-refractivity contribution in [3.05, 3.63) is 57.0 Å². The van der Waals surface area contributed by atoms with Gasteiger partial charge in [-0.2, -0.15) is 0 Å². The van der Waals surface area contributed by atoms with Crippen molar-refractivity contribution >= 4 is 56.4 Å². The molecule has 0 bridgehead atoms. The van der Waals surface area contributed by atoms with Crippen LogP contribution in [0.3, 0.4) is 0 Å². The van der Waals surface area contributed by atoms with Gasteiger partial charge in [0.2, 0.25) is 0 Å². The molecule has 0 aromatic heterocycles. The highest BCUT2D eigenvalue weighted by Crippen LogP contribution is 2.49. The van der Waals surface area contributed by atoms with Crippen molar-refractivity contribution in [3.63, 3.8) is 0 Å². The van der Waals surface area contributed by atoms with Crippen molar-refractivity contribution in [1.82, 2.24) is 0 Å². The molecule has 1 N–H and O–H groups in total. The summed E-state index contributed by atoms with van der Waals surface area (Å²) in [6.45, 7) is 3.93. The zero-order valence-corrected chi connectivity index (χ0v) is 17.9. The third kappa shape index (κ3) is 5.25. The standard InChI is InChI=1S/C17H18Br2NO4P/c1-3-23-25(22,24-4-2)16-11-14(19)9-10-15(16)20-17(21)12-5-7-13(18)8-6-12/h5-11H,3-4H2,1-2H3,(H,20,21). The molecule has 0 atom stereocenters. The summed E-state index contributed by atoms with van der Waals surface area (Å²) in [6.07, 6.45) is 0. The normalized spacial score (nSPS) is 11.4. The molecule has 1 amide bonds. The molecule has 0 spiro atoms. The van der Waals surface area contributed by atoms with Gasteiger partial charge in [0.25, 0.3) is 5.91 Å². The smallest absolute Gasteiger partial charge is 0.321 e. The third-order valence-corrected chi connectivity index (χ3v) is 6.39. The monoisotopic (exact) mass is 489 g/mol. The fraction of sp³-hybridized carbons (Fsp3) is 0.235. The lowest BCUT2D eigenvalue weighted by Crippen LogP contribution is -2.20. The van der Waals surface area contributed by atoms with Crippen molar-refractivity contribution < 1.29 is 18.4 Å². The van der Waals surface area contributed by atoms with Gasteiger partial charge < -0.3 is 14.4 Å². The van der Waals surface area contributed by atoms with Crippen LogP contribution in [0.4, 0.5) is 5.69 Å². The molecule has 134 valence electrons. The summed E-state index contributed by atoms with van der Waals surface area (Å²) in [5.41, 5.74) is 0.876. The van der Waals surface area contributed by atoms with Crippen LogP contribution in [0.25, 0.3) is 0 Å². The van der Waals surface area contributed by atoms with E-state index in [1.165, 1.54) is 0 Å². The SMILES string of the molecule is CCOP(=O)(OCC)c1cc(Br)ccc1NC(=O)c1ccc(Br)cc1. The molecule has 0 heterocycles. The Bertz CT molecular complexity index is 786. The van der Waals surface area contributed by atoms with Crippen molar-refractivity contribution in [2.45, 2.75) is 13.8 Å². The van der Waals surface area contributed by atoms with Crippen molar-refractivity contribution in [2.75, 3.05) is 18.5 Å². The van der Waals surface area contributed by atoms with E-state index >= 15 is 0 Å². The summed E-state index contributed by atoms with van der Waals surface area (Å²) in [5.74, 6) is -0.310. The topological polar surface area (TPSA) is 64.6 Å². The first-order valence-electron chi connectivity index (χ1n) is 7.65. The molecule has 2 aromatic carbocycles. The Labute approximate surface area is 163 Å². The van der Waals surface area contributed by atoms with E-state index < -0.39 is 7.60 Å². The average Bonchev–Trinajstić information content (AvgIpc) is 2.57. The fourth-order valence-corrected chi connectivity index (χ4v) is 4.71. The Morgan fingerprint density at radius 2 is 1.56 bits per heavy atom. The number of hydrogen-bond donors (Lipinski definition) is 1. The summed E-state index contributed by atoms with van der Waals surface area (Å²) in [6, 6.07) is 12.0. The van der Waals surface area contributed by atoms with E-state index in [1.54, 1.807) is 56.3 Å². The second-order valence-electron chi connectivity index (χ2n) is 4.96. The number of benzene rings is 2. The predicted octanol–water partition coefficient (Wildman–Crippen LogP) is 5.36. The molecule has 25 heavy (non-hydrogen) atoms. The molecule has 8 heteroatoms. The highest BCUT2D eigenvalue weighted by molar-refractivity contribution is 9.10. The number of nitrogens with one attached hydrogen (secondary N) is 1. The zero-order chi connectivity index (χ0) is 18.4. The molecule has 5 nitrogen and oxygen atoms in total. The maximum absolute atomic E-state index is 13.1. The van der Waals surface area contributed by atoms with Crippen molar-refractivity contribution in [1.29, 1.82) is 0 Å². The van der Waals surface area contributed by atoms with Gasteiger partial charge in [-0.1, -0.05) is 31.9 Å². The van der Waals surface area contributed by atoms with Gasteiger partial charge in [-0.25, -0.2) is 0 Å². The molecular formula is C17H18Br2NO4P. The Balaban J connectivity index is 2.39. The van der Waals surface area contributed by atoms with E-state index in [4.69, 9.17) is 9.05 Å². The van der Waals surface area contributed by atoms with Gasteiger partial charge in [-0.15, -0.1) is 0 Å². The molecule has 0 aliphatic rings. The molecule has 0 aliphatic heterocycles. The van der Waals surface area contributed by atoms with E-state index in [-0.39, 0.29) is 19.1 Å². The van der Waals surface area contributed by atoms with Crippen LogP contribution in [-0.2, 0) is 13.6 Å². The summed E-state index contributed by atoms with van der Waals surface area (Å²) < 4.78 is 25.5. The summed E-state index contributed by atoms with van der Waals surface area (Å²) in [5, 5.41) is 3.10. The van der Waals surface area contributed by atoms with Crippen molar-refractivity contribution in [3.8, 4) is 0 Å². The van der Waals surface area contributed by atoms with Gasteiger partial charge in [-0.05, 0) is 56.3 Å². The van der Waals surface area contributed by atoms with Crippen LogP contribution in [0.1, 0.15) is 24.2 Å². The second-order valence-corrected chi connectivity index (χ2v) is 8.78. The van der Waals surface area contributed by atoms with Crippen LogP contribution in [0, 0.1) is 0 Å². The minimum Gasteiger partial charge on any atom is -0.321 e. The number of rotatable bonds is 7. The van der Waals surface area contributed by atoms with Gasteiger partial charge in [0.1, 0.15) is 0 Å². The quantitative estimate of drug-likeness (QED) is 0.531. The minimum atomic E-state index is -3.54. The fourth-order valence-electron chi connectivity index (χ4n) is 2.15. The number of amides is 1. The molecule has 0 saturated heterocycles. The highest BCUT2D eigenvalue weighted by Gasteiger charge is 2.30. The lowest BCUT2D eigenvalue weighted by molar-refractivity contribution is 0.102. The van der Waals surface area contributed by atoms with Gasteiger partial charge >= 0.3 is 7.60 Å². The molecule has 2 aromatic rings. The Morgan fingerprint density at radius 3 is 2.12 bits per heavy atom. The van der Waals surface area contributed by atoms with Crippen LogP contribution in [0.15, 0.2) is 51.4 Å². The molecule has 2 rings (SSSR count). The lowest BCUT2D eigenvalue weighted by Gasteiger charge is -2.20. The van der Waals surface area contributed by atoms with Crippen molar-refractivity contribution in [2.24, 2.45) is 0 Å². The van der Waals surface area contributed by atoms with Crippen LogP contribution in [0.5, 0.6) is 0 Å². The number of anilines is 1. The molecule has 0 fully saturated rings. The minimum absolute atomic E-state index is 0.226. The first-order valence-corrected chi connectivity index (χ1v) is 10.8. The maximum Gasteiger partial charge on any atom is 0.363 e. The van der Waals surface area contributed by atoms with E-state index in [1.807, 2.05) is 0 Å². The predicted molar refractivity (Wildman–Crippen MR) is 107 cm³/mol.